The fourth-order valence-corrected chi connectivity index (χ4v) is 4.28. The van der Waals surface area contributed by atoms with Crippen molar-refractivity contribution in [2.24, 2.45) is 0 Å². The van der Waals surface area contributed by atoms with Gasteiger partial charge < -0.3 is 14.5 Å². The average molecular weight is 334 g/mol. The third kappa shape index (κ3) is 4.28. The summed E-state index contributed by atoms with van der Waals surface area (Å²) in [6.07, 6.45) is 2.64. The summed E-state index contributed by atoms with van der Waals surface area (Å²) in [6, 6.07) is 8.01. The van der Waals surface area contributed by atoms with Crippen molar-refractivity contribution >= 4 is 17.7 Å². The van der Waals surface area contributed by atoms with Crippen molar-refractivity contribution < 1.29 is 9.53 Å². The van der Waals surface area contributed by atoms with Gasteiger partial charge in [0.25, 0.3) is 5.91 Å². The molecule has 23 heavy (non-hydrogen) atoms. The number of carbonyl (C=O) groups is 1. The van der Waals surface area contributed by atoms with Gasteiger partial charge in [0, 0.05) is 43.4 Å². The Kier molecular flexibility index (Phi) is 5.97. The summed E-state index contributed by atoms with van der Waals surface area (Å²) in [4.78, 5) is 18.4. The molecule has 0 N–H and O–H groups in total. The van der Waals surface area contributed by atoms with E-state index >= 15 is 0 Å². The normalized spacial score (nSPS) is 22.5. The number of thioether (sulfide) groups is 1. The molecular weight excluding hydrogens is 308 g/mol. The van der Waals surface area contributed by atoms with E-state index in [1.165, 1.54) is 0 Å². The molecule has 0 aliphatic carbocycles. The van der Waals surface area contributed by atoms with Crippen LogP contribution in [0, 0.1) is 0 Å². The van der Waals surface area contributed by atoms with Gasteiger partial charge in [-0.25, -0.2) is 0 Å². The Hall–Kier alpha value is -1.04. The SMILES string of the molecule is CCN1CCN(C(=O)c2ccccc2SC[C@H]2CCCO2)CC1. The van der Waals surface area contributed by atoms with Gasteiger partial charge in [0.15, 0.2) is 0 Å². The molecule has 126 valence electrons. The van der Waals surface area contributed by atoms with Crippen molar-refractivity contribution in [2.75, 3.05) is 45.1 Å². The van der Waals surface area contributed by atoms with E-state index in [1.807, 2.05) is 23.1 Å². The number of amides is 1. The van der Waals surface area contributed by atoms with E-state index in [0.29, 0.717) is 6.10 Å². The Morgan fingerprint density at radius 1 is 1.26 bits per heavy atom. The smallest absolute Gasteiger partial charge is 0.255 e. The zero-order valence-electron chi connectivity index (χ0n) is 13.9. The molecule has 0 aromatic heterocycles. The average Bonchev–Trinajstić information content (AvgIpc) is 3.13. The van der Waals surface area contributed by atoms with Gasteiger partial charge in [0.1, 0.15) is 0 Å². The van der Waals surface area contributed by atoms with Gasteiger partial charge in [0.05, 0.1) is 11.7 Å². The molecule has 0 saturated carbocycles. The van der Waals surface area contributed by atoms with Gasteiger partial charge in [0.2, 0.25) is 0 Å². The first-order chi connectivity index (χ1) is 11.3. The van der Waals surface area contributed by atoms with E-state index in [2.05, 4.69) is 17.9 Å². The Morgan fingerprint density at radius 3 is 2.74 bits per heavy atom. The molecule has 1 aromatic rings. The molecule has 0 bridgehead atoms. The lowest BCUT2D eigenvalue weighted by molar-refractivity contribution is 0.0640. The predicted octanol–water partition coefficient (Wildman–Crippen LogP) is 2.74. The molecule has 0 radical (unpaired) electrons. The summed E-state index contributed by atoms with van der Waals surface area (Å²) >= 11 is 1.76. The molecule has 5 heteroatoms. The van der Waals surface area contributed by atoms with Gasteiger partial charge in [-0.2, -0.15) is 0 Å². The summed E-state index contributed by atoms with van der Waals surface area (Å²) in [6.45, 7) is 7.74. The maximum Gasteiger partial charge on any atom is 0.255 e. The third-order valence-electron chi connectivity index (χ3n) is 4.67. The molecule has 2 heterocycles. The minimum Gasteiger partial charge on any atom is -0.377 e. The van der Waals surface area contributed by atoms with Crippen LogP contribution in [0.1, 0.15) is 30.1 Å². The van der Waals surface area contributed by atoms with Crippen LogP contribution in [0.25, 0.3) is 0 Å². The Labute approximate surface area is 143 Å². The summed E-state index contributed by atoms with van der Waals surface area (Å²) in [7, 11) is 0. The molecule has 0 spiro atoms. The quantitative estimate of drug-likeness (QED) is 0.775. The molecule has 3 rings (SSSR count). The van der Waals surface area contributed by atoms with Gasteiger partial charge >= 0.3 is 0 Å². The van der Waals surface area contributed by atoms with E-state index in [1.54, 1.807) is 11.8 Å². The molecule has 0 unspecified atom stereocenters. The topological polar surface area (TPSA) is 32.8 Å². The summed E-state index contributed by atoms with van der Waals surface area (Å²) in [5, 5.41) is 0. The number of hydrogen-bond acceptors (Lipinski definition) is 4. The highest BCUT2D eigenvalue weighted by Crippen LogP contribution is 2.27. The van der Waals surface area contributed by atoms with Crippen molar-refractivity contribution in [3.63, 3.8) is 0 Å². The Bertz CT molecular complexity index is 524. The summed E-state index contributed by atoms with van der Waals surface area (Å²) in [5.41, 5.74) is 0.848. The van der Waals surface area contributed by atoms with Crippen LogP contribution in [-0.2, 0) is 4.74 Å². The van der Waals surface area contributed by atoms with Crippen LogP contribution in [0.3, 0.4) is 0 Å². The monoisotopic (exact) mass is 334 g/mol. The molecule has 4 nitrogen and oxygen atoms in total. The molecule has 1 atom stereocenters. The maximum absolute atomic E-state index is 12.9. The fourth-order valence-electron chi connectivity index (χ4n) is 3.17. The second-order valence-corrected chi connectivity index (χ2v) is 7.23. The van der Waals surface area contributed by atoms with Gasteiger partial charge in [-0.3, -0.25) is 4.79 Å². The minimum atomic E-state index is 0.177. The van der Waals surface area contributed by atoms with Gasteiger partial charge in [-0.05, 0) is 31.5 Å². The highest BCUT2D eigenvalue weighted by molar-refractivity contribution is 7.99. The lowest BCUT2D eigenvalue weighted by Crippen LogP contribution is -2.48. The van der Waals surface area contributed by atoms with E-state index in [9.17, 15) is 4.79 Å². The van der Waals surface area contributed by atoms with Crippen molar-refractivity contribution in [3.05, 3.63) is 29.8 Å². The Balaban J connectivity index is 1.63. The predicted molar refractivity (Wildman–Crippen MR) is 94.2 cm³/mol. The van der Waals surface area contributed by atoms with E-state index in [4.69, 9.17) is 4.74 Å². The standard InChI is InChI=1S/C18H26N2O2S/c1-2-19-9-11-20(12-10-19)18(21)16-7-3-4-8-17(16)23-14-15-6-5-13-22-15/h3-4,7-8,15H,2,5-6,9-14H2,1H3/t15-/m1/s1. The van der Waals surface area contributed by atoms with Crippen LogP contribution in [-0.4, -0.2) is 66.9 Å². The third-order valence-corrected chi connectivity index (χ3v) is 5.88. The first-order valence-electron chi connectivity index (χ1n) is 8.63. The van der Waals surface area contributed by atoms with Crippen LogP contribution in [0.15, 0.2) is 29.2 Å². The number of carbonyl (C=O) groups excluding carboxylic acids is 1. The minimum absolute atomic E-state index is 0.177. The van der Waals surface area contributed by atoms with E-state index in [-0.39, 0.29) is 5.91 Å². The number of hydrogen-bond donors (Lipinski definition) is 0. The number of ether oxygens (including phenoxy) is 1. The highest BCUT2D eigenvalue weighted by Gasteiger charge is 2.24. The maximum atomic E-state index is 12.9. The van der Waals surface area contributed by atoms with Crippen LogP contribution in [0.4, 0.5) is 0 Å². The second-order valence-electron chi connectivity index (χ2n) is 6.17. The number of nitrogens with zero attached hydrogens (tertiary/aromatic N) is 2. The molecule has 2 saturated heterocycles. The lowest BCUT2D eigenvalue weighted by Gasteiger charge is -2.34. The lowest BCUT2D eigenvalue weighted by atomic mass is 10.2. The van der Waals surface area contributed by atoms with Crippen LogP contribution in [0.2, 0.25) is 0 Å². The molecule has 2 aliphatic rings. The van der Waals surface area contributed by atoms with Crippen molar-refractivity contribution in [1.82, 2.24) is 9.80 Å². The molecule has 1 aromatic carbocycles. The molecule has 1 amide bonds. The van der Waals surface area contributed by atoms with Gasteiger partial charge in [-0.1, -0.05) is 19.1 Å². The first-order valence-corrected chi connectivity index (χ1v) is 9.61. The van der Waals surface area contributed by atoms with Crippen molar-refractivity contribution in [2.45, 2.75) is 30.8 Å². The largest absolute Gasteiger partial charge is 0.377 e. The van der Waals surface area contributed by atoms with Crippen LogP contribution in [0.5, 0.6) is 0 Å². The van der Waals surface area contributed by atoms with Crippen LogP contribution < -0.4 is 0 Å². The number of benzene rings is 1. The van der Waals surface area contributed by atoms with E-state index < -0.39 is 0 Å². The molecule has 2 aliphatic heterocycles. The van der Waals surface area contributed by atoms with Gasteiger partial charge in [-0.15, -0.1) is 11.8 Å². The number of likely N-dealkylation sites (N-methyl/N-ethyl adjacent to an activating group) is 1. The zero-order chi connectivity index (χ0) is 16.1. The number of rotatable bonds is 5. The second kappa shape index (κ2) is 8.18. The summed E-state index contributed by atoms with van der Waals surface area (Å²) < 4.78 is 5.69. The summed E-state index contributed by atoms with van der Waals surface area (Å²) in [5.74, 6) is 1.12. The molecule has 2 fully saturated rings. The molecular formula is C18H26N2O2S. The Morgan fingerprint density at radius 2 is 2.04 bits per heavy atom. The zero-order valence-corrected chi connectivity index (χ0v) is 14.7. The van der Waals surface area contributed by atoms with Crippen molar-refractivity contribution in [1.29, 1.82) is 0 Å². The van der Waals surface area contributed by atoms with Crippen LogP contribution >= 0.6 is 11.8 Å². The fraction of sp³-hybridized carbons (Fsp3) is 0.611. The number of piperazine rings is 1. The van der Waals surface area contributed by atoms with E-state index in [0.717, 1.165) is 68.4 Å². The highest BCUT2D eigenvalue weighted by atomic mass is 32.2. The van der Waals surface area contributed by atoms with Crippen molar-refractivity contribution in [3.8, 4) is 0 Å². The first kappa shape index (κ1) is 16.8.